The van der Waals surface area contributed by atoms with Crippen LogP contribution in [0.25, 0.3) is 17.0 Å². The predicted octanol–water partition coefficient (Wildman–Crippen LogP) is 5.18. The lowest BCUT2D eigenvalue weighted by atomic mass is 10.0. The van der Waals surface area contributed by atoms with Gasteiger partial charge in [0.2, 0.25) is 0 Å². The molecule has 0 atom stereocenters. The molecule has 0 spiro atoms. The van der Waals surface area contributed by atoms with Crippen LogP contribution in [0, 0.1) is 5.82 Å². The van der Waals surface area contributed by atoms with Gasteiger partial charge >= 0.3 is 5.63 Å². The summed E-state index contributed by atoms with van der Waals surface area (Å²) in [4.78, 5) is 14.2. The van der Waals surface area contributed by atoms with Crippen LogP contribution in [0.2, 0.25) is 5.02 Å². The van der Waals surface area contributed by atoms with Gasteiger partial charge in [0.25, 0.3) is 0 Å². The SMILES string of the molecule is O=c1cc(NC2CCN(C/C=C/c3ccccc3F)CC2)c2cc(Cl)ccc2o1. The van der Waals surface area contributed by atoms with Crippen molar-refractivity contribution in [1.82, 2.24) is 4.90 Å². The molecular weight excluding hydrogens is 391 g/mol. The first-order chi connectivity index (χ1) is 14.1. The lowest BCUT2D eigenvalue weighted by Gasteiger charge is -2.32. The van der Waals surface area contributed by atoms with Crippen LogP contribution >= 0.6 is 11.6 Å². The largest absolute Gasteiger partial charge is 0.423 e. The van der Waals surface area contributed by atoms with Gasteiger partial charge in [0.15, 0.2) is 0 Å². The van der Waals surface area contributed by atoms with Gasteiger partial charge in [0, 0.05) is 47.7 Å². The summed E-state index contributed by atoms with van der Waals surface area (Å²) in [7, 11) is 0. The van der Waals surface area contributed by atoms with Gasteiger partial charge < -0.3 is 9.73 Å². The van der Waals surface area contributed by atoms with E-state index in [1.165, 1.54) is 12.1 Å². The van der Waals surface area contributed by atoms with Crippen LogP contribution in [0.1, 0.15) is 18.4 Å². The first-order valence-corrected chi connectivity index (χ1v) is 10.1. The molecule has 0 radical (unpaired) electrons. The minimum Gasteiger partial charge on any atom is -0.423 e. The Balaban J connectivity index is 1.36. The second-order valence-electron chi connectivity index (χ2n) is 7.26. The second-order valence-corrected chi connectivity index (χ2v) is 7.70. The van der Waals surface area contributed by atoms with Crippen LogP contribution in [0.15, 0.2) is 63.8 Å². The number of hydrogen-bond donors (Lipinski definition) is 1. The fraction of sp³-hybridized carbons (Fsp3) is 0.261. The Morgan fingerprint density at radius 2 is 1.97 bits per heavy atom. The first kappa shape index (κ1) is 19.7. The van der Waals surface area contributed by atoms with E-state index < -0.39 is 0 Å². The minimum atomic E-state index is -0.377. The smallest absolute Gasteiger partial charge is 0.338 e. The van der Waals surface area contributed by atoms with Gasteiger partial charge in [-0.1, -0.05) is 42.0 Å². The van der Waals surface area contributed by atoms with Crippen molar-refractivity contribution in [3.05, 3.63) is 81.4 Å². The quantitative estimate of drug-likeness (QED) is 0.587. The van der Waals surface area contributed by atoms with E-state index in [4.69, 9.17) is 16.0 Å². The van der Waals surface area contributed by atoms with Gasteiger partial charge in [-0.15, -0.1) is 0 Å². The molecule has 1 aromatic heterocycles. The van der Waals surface area contributed by atoms with Crippen molar-refractivity contribution in [1.29, 1.82) is 0 Å². The summed E-state index contributed by atoms with van der Waals surface area (Å²) < 4.78 is 18.9. The molecule has 1 fully saturated rings. The predicted molar refractivity (Wildman–Crippen MR) is 116 cm³/mol. The van der Waals surface area contributed by atoms with E-state index in [0.29, 0.717) is 16.2 Å². The third-order valence-corrected chi connectivity index (χ3v) is 5.45. The van der Waals surface area contributed by atoms with Crippen molar-refractivity contribution in [3.63, 3.8) is 0 Å². The molecule has 6 heteroatoms. The molecule has 0 aliphatic carbocycles. The van der Waals surface area contributed by atoms with Crippen molar-refractivity contribution in [2.75, 3.05) is 25.0 Å². The number of fused-ring (bicyclic) bond motifs is 1. The van der Waals surface area contributed by atoms with Crippen molar-refractivity contribution in [2.45, 2.75) is 18.9 Å². The highest BCUT2D eigenvalue weighted by atomic mass is 35.5. The lowest BCUT2D eigenvalue weighted by Crippen LogP contribution is -2.39. The van der Waals surface area contributed by atoms with Crippen molar-refractivity contribution in [2.24, 2.45) is 0 Å². The van der Waals surface area contributed by atoms with Crippen LogP contribution in [0.3, 0.4) is 0 Å². The summed E-state index contributed by atoms with van der Waals surface area (Å²) >= 11 is 6.11. The highest BCUT2D eigenvalue weighted by Crippen LogP contribution is 2.27. The summed E-state index contributed by atoms with van der Waals surface area (Å²) in [5.74, 6) is -0.202. The maximum absolute atomic E-state index is 13.7. The fourth-order valence-corrected chi connectivity index (χ4v) is 3.85. The average molecular weight is 413 g/mol. The molecule has 29 heavy (non-hydrogen) atoms. The van der Waals surface area contributed by atoms with E-state index in [1.54, 1.807) is 24.3 Å². The van der Waals surface area contributed by atoms with Crippen molar-refractivity contribution >= 4 is 34.3 Å². The Labute approximate surface area is 173 Å². The first-order valence-electron chi connectivity index (χ1n) is 9.72. The van der Waals surface area contributed by atoms with Gasteiger partial charge in [0.1, 0.15) is 11.4 Å². The number of hydrogen-bond acceptors (Lipinski definition) is 4. The zero-order valence-electron chi connectivity index (χ0n) is 15.9. The maximum atomic E-state index is 13.7. The molecule has 0 amide bonds. The van der Waals surface area contributed by atoms with Gasteiger partial charge in [-0.2, -0.15) is 0 Å². The molecule has 2 heterocycles. The molecule has 4 nitrogen and oxygen atoms in total. The number of piperidine rings is 1. The Morgan fingerprint density at radius 3 is 2.76 bits per heavy atom. The number of benzene rings is 2. The standard InChI is InChI=1S/C23H22ClFN2O2/c24-17-7-8-22-19(14-17)21(15-23(28)29-22)26-18-9-12-27(13-10-18)11-3-5-16-4-1-2-6-20(16)25/h1-8,14-15,18,26H,9-13H2/b5-3+. The number of nitrogens with one attached hydrogen (secondary N) is 1. The fourth-order valence-electron chi connectivity index (χ4n) is 3.67. The molecule has 150 valence electrons. The van der Waals surface area contributed by atoms with Gasteiger partial charge in [-0.25, -0.2) is 9.18 Å². The Kier molecular flexibility index (Phi) is 5.97. The van der Waals surface area contributed by atoms with E-state index in [0.717, 1.165) is 43.5 Å². The topological polar surface area (TPSA) is 45.5 Å². The Bertz CT molecular complexity index is 1090. The number of nitrogens with zero attached hydrogens (tertiary/aromatic N) is 1. The Hall–Kier alpha value is -2.63. The summed E-state index contributed by atoms with van der Waals surface area (Å²) in [6.07, 6.45) is 5.74. The molecule has 0 unspecified atom stereocenters. The average Bonchev–Trinajstić information content (AvgIpc) is 2.71. The monoisotopic (exact) mass is 412 g/mol. The summed E-state index contributed by atoms with van der Waals surface area (Å²) in [6, 6.07) is 13.8. The molecule has 1 N–H and O–H groups in total. The molecule has 1 aliphatic rings. The van der Waals surface area contributed by atoms with Gasteiger partial charge in [-0.05, 0) is 37.1 Å². The van der Waals surface area contributed by atoms with Crippen LogP contribution in [0.4, 0.5) is 10.1 Å². The number of likely N-dealkylation sites (tertiary alicyclic amines) is 1. The molecule has 4 rings (SSSR count). The highest BCUT2D eigenvalue weighted by molar-refractivity contribution is 6.31. The third kappa shape index (κ3) is 4.86. The zero-order chi connectivity index (χ0) is 20.2. The minimum absolute atomic E-state index is 0.202. The third-order valence-electron chi connectivity index (χ3n) is 5.22. The van der Waals surface area contributed by atoms with Crippen LogP contribution < -0.4 is 10.9 Å². The zero-order valence-corrected chi connectivity index (χ0v) is 16.7. The molecule has 1 aliphatic heterocycles. The molecule has 0 saturated carbocycles. The molecular formula is C23H22ClFN2O2. The maximum Gasteiger partial charge on any atom is 0.338 e. The van der Waals surface area contributed by atoms with E-state index >= 15 is 0 Å². The van der Waals surface area contributed by atoms with Crippen molar-refractivity contribution < 1.29 is 8.81 Å². The van der Waals surface area contributed by atoms with Crippen LogP contribution in [0.5, 0.6) is 0 Å². The highest BCUT2D eigenvalue weighted by Gasteiger charge is 2.19. The van der Waals surface area contributed by atoms with Crippen molar-refractivity contribution in [3.8, 4) is 0 Å². The summed E-state index contributed by atoms with van der Waals surface area (Å²) in [5.41, 5.74) is 1.52. The van der Waals surface area contributed by atoms with E-state index in [-0.39, 0.29) is 17.5 Å². The summed E-state index contributed by atoms with van der Waals surface area (Å²) in [6.45, 7) is 2.65. The number of rotatable bonds is 5. The van der Waals surface area contributed by atoms with Gasteiger partial charge in [0.05, 0.1) is 5.69 Å². The molecule has 0 bridgehead atoms. The van der Waals surface area contributed by atoms with E-state index in [2.05, 4.69) is 10.2 Å². The molecule has 1 saturated heterocycles. The molecule has 3 aromatic rings. The second kappa shape index (κ2) is 8.80. The lowest BCUT2D eigenvalue weighted by molar-refractivity contribution is 0.240. The van der Waals surface area contributed by atoms with Crippen LogP contribution in [-0.2, 0) is 0 Å². The van der Waals surface area contributed by atoms with Gasteiger partial charge in [-0.3, -0.25) is 4.90 Å². The normalized spacial score (nSPS) is 15.9. The molecule has 2 aromatic carbocycles. The van der Waals surface area contributed by atoms with E-state index in [1.807, 2.05) is 24.3 Å². The number of halogens is 2. The van der Waals surface area contributed by atoms with E-state index in [9.17, 15) is 9.18 Å². The Morgan fingerprint density at radius 1 is 1.17 bits per heavy atom. The van der Waals surface area contributed by atoms with Crippen LogP contribution in [-0.4, -0.2) is 30.6 Å². The summed E-state index contributed by atoms with van der Waals surface area (Å²) in [5, 5.41) is 4.90. The number of anilines is 1.